The Morgan fingerprint density at radius 1 is 1.05 bits per heavy atom. The van der Waals surface area contributed by atoms with Crippen molar-refractivity contribution in [2.45, 2.75) is 6.61 Å². The molecule has 0 saturated carbocycles. The maximum absolute atomic E-state index is 6.02. The maximum Gasteiger partial charge on any atom is 0.129 e. The van der Waals surface area contributed by atoms with Crippen LogP contribution in [-0.2, 0) is 6.61 Å². The number of ether oxygens (including phenoxy) is 1. The molecule has 92 valence electrons. The molecule has 2 aromatic carbocycles. The summed E-state index contributed by atoms with van der Waals surface area (Å²) >= 11 is 6.02. The first kappa shape index (κ1) is 10.8. The van der Waals surface area contributed by atoms with Gasteiger partial charge in [-0.05, 0) is 36.4 Å². The van der Waals surface area contributed by atoms with Gasteiger partial charge < -0.3 is 4.74 Å². The lowest BCUT2D eigenvalue weighted by Gasteiger charge is -2.20. The molecule has 1 aliphatic heterocycles. The van der Waals surface area contributed by atoms with Gasteiger partial charge in [-0.2, -0.15) is 0 Å². The topological polar surface area (TPSA) is 22.1 Å². The summed E-state index contributed by atoms with van der Waals surface area (Å²) in [5.74, 6) is 0.899. The molecule has 3 heteroatoms. The summed E-state index contributed by atoms with van der Waals surface area (Å²) in [5.41, 5.74) is 4.13. The fourth-order valence-corrected chi connectivity index (χ4v) is 2.66. The Hall–Kier alpha value is -2.06. The van der Waals surface area contributed by atoms with E-state index in [-0.39, 0.29) is 0 Å². The van der Waals surface area contributed by atoms with Crippen molar-refractivity contribution in [2.75, 3.05) is 0 Å². The zero-order chi connectivity index (χ0) is 12.8. The Kier molecular flexibility index (Phi) is 2.26. The Morgan fingerprint density at radius 2 is 1.95 bits per heavy atom. The average molecular weight is 268 g/mol. The molecule has 2 nitrogen and oxygen atoms in total. The minimum atomic E-state index is 0.557. The fraction of sp³-hybridized carbons (Fsp3) is 0.0625. The molecule has 19 heavy (non-hydrogen) atoms. The van der Waals surface area contributed by atoms with Gasteiger partial charge in [0.05, 0.1) is 11.2 Å². The van der Waals surface area contributed by atoms with Crippen molar-refractivity contribution in [3.63, 3.8) is 0 Å². The van der Waals surface area contributed by atoms with Gasteiger partial charge in [0.2, 0.25) is 0 Å². The molecule has 1 aliphatic rings. The zero-order valence-electron chi connectivity index (χ0n) is 10.1. The van der Waals surface area contributed by atoms with E-state index in [1.54, 1.807) is 0 Å². The summed E-state index contributed by atoms with van der Waals surface area (Å²) in [6.45, 7) is 0.557. The molecular formula is C16H10ClNO. The molecule has 0 fully saturated rings. The largest absolute Gasteiger partial charge is 0.488 e. The van der Waals surface area contributed by atoms with E-state index in [9.17, 15) is 0 Å². The van der Waals surface area contributed by atoms with Crippen molar-refractivity contribution in [3.8, 4) is 17.0 Å². The molecule has 0 radical (unpaired) electrons. The van der Waals surface area contributed by atoms with Crippen molar-refractivity contribution in [2.24, 2.45) is 0 Å². The molecule has 3 aromatic rings. The van der Waals surface area contributed by atoms with Gasteiger partial charge >= 0.3 is 0 Å². The van der Waals surface area contributed by atoms with Crippen LogP contribution in [0.1, 0.15) is 5.56 Å². The average Bonchev–Trinajstić information content (AvgIpc) is 2.45. The van der Waals surface area contributed by atoms with Gasteiger partial charge in [0, 0.05) is 21.5 Å². The Balaban J connectivity index is 2.03. The quantitative estimate of drug-likeness (QED) is 0.600. The number of hydrogen-bond acceptors (Lipinski definition) is 2. The number of hydrogen-bond donors (Lipinski definition) is 0. The highest BCUT2D eigenvalue weighted by Crippen LogP contribution is 2.37. The van der Waals surface area contributed by atoms with E-state index in [4.69, 9.17) is 21.3 Å². The van der Waals surface area contributed by atoms with Crippen molar-refractivity contribution >= 4 is 22.5 Å². The van der Waals surface area contributed by atoms with E-state index < -0.39 is 0 Å². The lowest BCUT2D eigenvalue weighted by atomic mass is 10.0. The van der Waals surface area contributed by atoms with Gasteiger partial charge in [-0.15, -0.1) is 0 Å². The van der Waals surface area contributed by atoms with E-state index in [0.29, 0.717) is 6.61 Å². The Labute approximate surface area is 115 Å². The molecule has 0 bridgehead atoms. The van der Waals surface area contributed by atoms with Crippen LogP contribution in [0.25, 0.3) is 22.2 Å². The second-order valence-corrected chi connectivity index (χ2v) is 5.05. The molecule has 1 aromatic heterocycles. The van der Waals surface area contributed by atoms with Crippen LogP contribution in [0.15, 0.2) is 48.5 Å². The third kappa shape index (κ3) is 1.68. The van der Waals surface area contributed by atoms with Crippen LogP contribution < -0.4 is 4.74 Å². The smallest absolute Gasteiger partial charge is 0.129 e. The molecular weight excluding hydrogens is 258 g/mol. The highest BCUT2D eigenvalue weighted by Gasteiger charge is 2.18. The second kappa shape index (κ2) is 3.97. The van der Waals surface area contributed by atoms with Crippen molar-refractivity contribution < 1.29 is 4.74 Å². The number of rotatable bonds is 0. The summed E-state index contributed by atoms with van der Waals surface area (Å²) in [6, 6.07) is 15.9. The number of aromatic nitrogens is 1. The lowest BCUT2D eigenvalue weighted by molar-refractivity contribution is 0.302. The monoisotopic (exact) mass is 267 g/mol. The molecule has 0 aliphatic carbocycles. The third-order valence-electron chi connectivity index (χ3n) is 3.38. The Morgan fingerprint density at radius 3 is 2.89 bits per heavy atom. The van der Waals surface area contributed by atoms with Crippen molar-refractivity contribution in [1.82, 2.24) is 4.98 Å². The molecule has 0 spiro atoms. The summed E-state index contributed by atoms with van der Waals surface area (Å²) in [6.07, 6.45) is 0. The summed E-state index contributed by atoms with van der Waals surface area (Å²) in [5, 5.41) is 1.78. The molecule has 0 saturated heterocycles. The molecule has 2 heterocycles. The first-order valence-corrected chi connectivity index (χ1v) is 6.50. The van der Waals surface area contributed by atoms with Gasteiger partial charge in [0.15, 0.2) is 0 Å². The SMILES string of the molecule is Clc1ccc2nc3c(cc2c1)COc1ccccc1-3. The third-order valence-corrected chi connectivity index (χ3v) is 3.62. The van der Waals surface area contributed by atoms with E-state index in [1.807, 2.05) is 42.5 Å². The molecule has 0 amide bonds. The van der Waals surface area contributed by atoms with E-state index >= 15 is 0 Å². The lowest BCUT2D eigenvalue weighted by Crippen LogP contribution is -2.07. The van der Waals surface area contributed by atoms with Gasteiger partial charge in [-0.3, -0.25) is 0 Å². The van der Waals surface area contributed by atoms with Crippen LogP contribution in [0.4, 0.5) is 0 Å². The van der Waals surface area contributed by atoms with Crippen LogP contribution in [0, 0.1) is 0 Å². The van der Waals surface area contributed by atoms with Gasteiger partial charge in [-0.1, -0.05) is 23.7 Å². The number of fused-ring (bicyclic) bond motifs is 4. The molecule has 0 N–H and O–H groups in total. The first-order chi connectivity index (χ1) is 9.31. The highest BCUT2D eigenvalue weighted by atomic mass is 35.5. The van der Waals surface area contributed by atoms with Gasteiger partial charge in [0.1, 0.15) is 12.4 Å². The van der Waals surface area contributed by atoms with E-state index in [0.717, 1.165) is 38.5 Å². The second-order valence-electron chi connectivity index (χ2n) is 4.62. The molecule has 0 atom stereocenters. The van der Waals surface area contributed by atoms with E-state index in [2.05, 4.69) is 6.07 Å². The summed E-state index contributed by atoms with van der Waals surface area (Å²) < 4.78 is 5.76. The standard InChI is InChI=1S/C16H10ClNO/c17-12-5-6-14-10(8-12)7-11-9-19-15-4-2-1-3-13(15)16(11)18-14/h1-8H,9H2. The van der Waals surface area contributed by atoms with Crippen LogP contribution in [0.5, 0.6) is 5.75 Å². The minimum absolute atomic E-state index is 0.557. The van der Waals surface area contributed by atoms with Crippen LogP contribution in [-0.4, -0.2) is 4.98 Å². The van der Waals surface area contributed by atoms with Crippen LogP contribution >= 0.6 is 11.6 Å². The maximum atomic E-state index is 6.02. The van der Waals surface area contributed by atoms with Crippen molar-refractivity contribution in [1.29, 1.82) is 0 Å². The molecule has 4 rings (SSSR count). The number of para-hydroxylation sites is 1. The molecule has 0 unspecified atom stereocenters. The summed E-state index contributed by atoms with van der Waals surface area (Å²) in [7, 11) is 0. The fourth-order valence-electron chi connectivity index (χ4n) is 2.48. The predicted octanol–water partition coefficient (Wildman–Crippen LogP) is 4.45. The van der Waals surface area contributed by atoms with Crippen molar-refractivity contribution in [3.05, 3.63) is 59.1 Å². The Bertz CT molecular complexity index is 798. The van der Waals surface area contributed by atoms with Gasteiger partial charge in [-0.25, -0.2) is 4.98 Å². The normalized spacial score (nSPS) is 12.7. The number of pyridine rings is 1. The minimum Gasteiger partial charge on any atom is -0.488 e. The highest BCUT2D eigenvalue weighted by molar-refractivity contribution is 6.31. The van der Waals surface area contributed by atoms with E-state index in [1.165, 1.54) is 0 Å². The van der Waals surface area contributed by atoms with Crippen LogP contribution in [0.3, 0.4) is 0 Å². The predicted molar refractivity (Wildman–Crippen MR) is 76.5 cm³/mol. The van der Waals surface area contributed by atoms with Crippen LogP contribution in [0.2, 0.25) is 5.02 Å². The van der Waals surface area contributed by atoms with Gasteiger partial charge in [0.25, 0.3) is 0 Å². The summed E-state index contributed by atoms with van der Waals surface area (Å²) in [4.78, 5) is 4.76. The number of halogens is 1. The first-order valence-electron chi connectivity index (χ1n) is 6.13. The number of benzene rings is 2. The zero-order valence-corrected chi connectivity index (χ0v) is 10.8. The number of nitrogens with zero attached hydrogens (tertiary/aromatic N) is 1.